The Morgan fingerprint density at radius 1 is 1.00 bits per heavy atom. The number of ether oxygens (including phenoxy) is 2. The molecule has 0 radical (unpaired) electrons. The van der Waals surface area contributed by atoms with E-state index >= 15 is 0 Å². The molecule has 3 nitrogen and oxygen atoms in total. The summed E-state index contributed by atoms with van der Waals surface area (Å²) in [7, 11) is 3.68. The van der Waals surface area contributed by atoms with Gasteiger partial charge in [-0.05, 0) is 44.1 Å². The van der Waals surface area contributed by atoms with Crippen LogP contribution in [0.4, 0.5) is 0 Å². The molecule has 0 aromatic heterocycles. The van der Waals surface area contributed by atoms with Gasteiger partial charge < -0.3 is 14.8 Å². The Hall–Kier alpha value is -1.06. The van der Waals surface area contributed by atoms with Gasteiger partial charge in [0.1, 0.15) is 5.75 Å². The van der Waals surface area contributed by atoms with Gasteiger partial charge in [-0.2, -0.15) is 0 Å². The third-order valence-corrected chi connectivity index (χ3v) is 2.89. The van der Waals surface area contributed by atoms with Crippen molar-refractivity contribution in [1.82, 2.24) is 5.32 Å². The lowest BCUT2D eigenvalue weighted by Crippen LogP contribution is -2.07. The highest BCUT2D eigenvalue weighted by molar-refractivity contribution is 5.26. The summed E-state index contributed by atoms with van der Waals surface area (Å²) in [6.07, 6.45) is 4.95. The first-order chi connectivity index (χ1) is 8.86. The highest BCUT2D eigenvalue weighted by Gasteiger charge is 1.95. The van der Waals surface area contributed by atoms with Gasteiger partial charge >= 0.3 is 0 Å². The molecule has 102 valence electrons. The van der Waals surface area contributed by atoms with E-state index in [0.717, 1.165) is 25.3 Å². The van der Waals surface area contributed by atoms with Crippen LogP contribution in [0.5, 0.6) is 5.75 Å². The van der Waals surface area contributed by atoms with Crippen molar-refractivity contribution in [2.45, 2.75) is 32.3 Å². The SMILES string of the molecule is CNCCCCCCOCc1ccc(OC)cc1. The fourth-order valence-electron chi connectivity index (χ4n) is 1.77. The molecule has 0 heterocycles. The lowest BCUT2D eigenvalue weighted by atomic mass is 10.2. The van der Waals surface area contributed by atoms with Gasteiger partial charge in [0.2, 0.25) is 0 Å². The number of rotatable bonds is 10. The summed E-state index contributed by atoms with van der Waals surface area (Å²) < 4.78 is 10.8. The van der Waals surface area contributed by atoms with Gasteiger partial charge in [-0.1, -0.05) is 25.0 Å². The minimum Gasteiger partial charge on any atom is -0.497 e. The van der Waals surface area contributed by atoms with Crippen LogP contribution in [0.1, 0.15) is 31.2 Å². The first-order valence-electron chi connectivity index (χ1n) is 6.72. The number of benzene rings is 1. The average Bonchev–Trinajstić information content (AvgIpc) is 2.42. The van der Waals surface area contributed by atoms with E-state index in [-0.39, 0.29) is 0 Å². The standard InChI is InChI=1S/C15H25NO2/c1-16-11-5-3-4-6-12-18-13-14-7-9-15(17-2)10-8-14/h7-10,16H,3-6,11-13H2,1-2H3. The quantitative estimate of drug-likeness (QED) is 0.648. The lowest BCUT2D eigenvalue weighted by molar-refractivity contribution is 0.116. The van der Waals surface area contributed by atoms with E-state index in [1.54, 1.807) is 7.11 Å². The Morgan fingerprint density at radius 3 is 2.39 bits per heavy atom. The predicted molar refractivity (Wildman–Crippen MR) is 75.0 cm³/mol. The van der Waals surface area contributed by atoms with Crippen LogP contribution in [0.15, 0.2) is 24.3 Å². The molecule has 0 aliphatic heterocycles. The molecule has 0 spiro atoms. The highest BCUT2D eigenvalue weighted by atomic mass is 16.5. The Morgan fingerprint density at radius 2 is 1.72 bits per heavy atom. The molecular weight excluding hydrogens is 226 g/mol. The second-order valence-electron chi connectivity index (χ2n) is 4.42. The summed E-state index contributed by atoms with van der Waals surface area (Å²) >= 11 is 0. The van der Waals surface area contributed by atoms with E-state index in [1.807, 2.05) is 31.3 Å². The Balaban J connectivity index is 2.00. The maximum absolute atomic E-state index is 5.64. The Kier molecular flexibility index (Phi) is 8.26. The Bertz CT molecular complexity index is 298. The molecular formula is C15H25NO2. The van der Waals surface area contributed by atoms with Crippen LogP contribution < -0.4 is 10.1 Å². The van der Waals surface area contributed by atoms with Crippen molar-refractivity contribution in [2.75, 3.05) is 27.3 Å². The fourth-order valence-corrected chi connectivity index (χ4v) is 1.77. The van der Waals surface area contributed by atoms with Crippen molar-refractivity contribution in [3.8, 4) is 5.75 Å². The van der Waals surface area contributed by atoms with Gasteiger partial charge in [-0.25, -0.2) is 0 Å². The van der Waals surface area contributed by atoms with Crippen LogP contribution in [0.2, 0.25) is 0 Å². The molecule has 0 atom stereocenters. The molecule has 18 heavy (non-hydrogen) atoms. The third kappa shape index (κ3) is 6.62. The first-order valence-corrected chi connectivity index (χ1v) is 6.72. The molecule has 0 fully saturated rings. The summed E-state index contributed by atoms with van der Waals surface area (Å²) in [5.74, 6) is 0.892. The van der Waals surface area contributed by atoms with Crippen molar-refractivity contribution in [1.29, 1.82) is 0 Å². The zero-order chi connectivity index (χ0) is 13.1. The maximum atomic E-state index is 5.64. The number of methoxy groups -OCH3 is 1. The maximum Gasteiger partial charge on any atom is 0.118 e. The van der Waals surface area contributed by atoms with Gasteiger partial charge in [-0.3, -0.25) is 0 Å². The second kappa shape index (κ2) is 9.92. The smallest absolute Gasteiger partial charge is 0.118 e. The van der Waals surface area contributed by atoms with Crippen molar-refractivity contribution in [3.63, 3.8) is 0 Å². The van der Waals surface area contributed by atoms with Gasteiger partial charge in [0.25, 0.3) is 0 Å². The van der Waals surface area contributed by atoms with Crippen molar-refractivity contribution >= 4 is 0 Å². The van der Waals surface area contributed by atoms with Gasteiger partial charge in [-0.15, -0.1) is 0 Å². The topological polar surface area (TPSA) is 30.5 Å². The molecule has 1 N–H and O–H groups in total. The predicted octanol–water partition coefficient (Wildman–Crippen LogP) is 2.99. The van der Waals surface area contributed by atoms with Gasteiger partial charge in [0.15, 0.2) is 0 Å². The highest BCUT2D eigenvalue weighted by Crippen LogP contribution is 2.12. The lowest BCUT2D eigenvalue weighted by Gasteiger charge is -2.05. The van der Waals surface area contributed by atoms with E-state index in [1.165, 1.54) is 24.8 Å². The monoisotopic (exact) mass is 251 g/mol. The summed E-state index contributed by atoms with van der Waals surface area (Å²) in [5.41, 5.74) is 1.20. The molecule has 1 rings (SSSR count). The molecule has 0 saturated heterocycles. The average molecular weight is 251 g/mol. The number of hydrogen-bond donors (Lipinski definition) is 1. The van der Waals surface area contributed by atoms with Crippen molar-refractivity contribution < 1.29 is 9.47 Å². The van der Waals surface area contributed by atoms with Crippen LogP contribution in [0.25, 0.3) is 0 Å². The van der Waals surface area contributed by atoms with Crippen LogP contribution in [-0.4, -0.2) is 27.3 Å². The van der Waals surface area contributed by atoms with Gasteiger partial charge in [0, 0.05) is 6.61 Å². The number of hydrogen-bond acceptors (Lipinski definition) is 3. The minimum absolute atomic E-state index is 0.695. The molecule has 0 amide bonds. The molecule has 1 aromatic carbocycles. The Labute approximate surface area is 110 Å². The summed E-state index contributed by atoms with van der Waals surface area (Å²) in [4.78, 5) is 0. The molecule has 0 saturated carbocycles. The summed E-state index contributed by atoms with van der Waals surface area (Å²) in [5, 5.41) is 3.16. The molecule has 0 bridgehead atoms. The largest absolute Gasteiger partial charge is 0.497 e. The fraction of sp³-hybridized carbons (Fsp3) is 0.600. The second-order valence-corrected chi connectivity index (χ2v) is 4.42. The van der Waals surface area contributed by atoms with E-state index in [0.29, 0.717) is 6.61 Å². The summed E-state index contributed by atoms with van der Waals surface area (Å²) in [6, 6.07) is 8.03. The van der Waals surface area contributed by atoms with E-state index < -0.39 is 0 Å². The number of nitrogens with one attached hydrogen (secondary N) is 1. The molecule has 0 aliphatic carbocycles. The molecule has 3 heteroatoms. The number of unbranched alkanes of at least 4 members (excludes halogenated alkanes) is 3. The van der Waals surface area contributed by atoms with Crippen molar-refractivity contribution in [3.05, 3.63) is 29.8 Å². The first kappa shape index (κ1) is 15.0. The minimum atomic E-state index is 0.695. The van der Waals surface area contributed by atoms with E-state index in [2.05, 4.69) is 5.32 Å². The zero-order valence-electron chi connectivity index (χ0n) is 11.6. The molecule has 0 aliphatic rings. The van der Waals surface area contributed by atoms with Crippen LogP contribution in [0, 0.1) is 0 Å². The van der Waals surface area contributed by atoms with Crippen molar-refractivity contribution in [2.24, 2.45) is 0 Å². The van der Waals surface area contributed by atoms with E-state index in [9.17, 15) is 0 Å². The normalized spacial score (nSPS) is 10.6. The van der Waals surface area contributed by atoms with Crippen LogP contribution in [0.3, 0.4) is 0 Å². The summed E-state index contributed by atoms with van der Waals surface area (Å²) in [6.45, 7) is 2.67. The van der Waals surface area contributed by atoms with Crippen LogP contribution in [-0.2, 0) is 11.3 Å². The third-order valence-electron chi connectivity index (χ3n) is 2.89. The molecule has 0 unspecified atom stereocenters. The van der Waals surface area contributed by atoms with Gasteiger partial charge in [0.05, 0.1) is 13.7 Å². The van der Waals surface area contributed by atoms with E-state index in [4.69, 9.17) is 9.47 Å². The zero-order valence-corrected chi connectivity index (χ0v) is 11.6. The van der Waals surface area contributed by atoms with Crippen LogP contribution >= 0.6 is 0 Å². The molecule has 1 aromatic rings.